The number of nitrogens with zero attached hydrogens (tertiary/aromatic N) is 1. The van der Waals surface area contributed by atoms with Crippen LogP contribution in [-0.2, 0) is 19.6 Å². The van der Waals surface area contributed by atoms with Crippen LogP contribution >= 0.6 is 0 Å². The molecule has 9 nitrogen and oxygen atoms in total. The van der Waals surface area contributed by atoms with Crippen molar-refractivity contribution in [2.24, 2.45) is 0 Å². The van der Waals surface area contributed by atoms with Gasteiger partial charge in [-0.3, -0.25) is 14.4 Å². The van der Waals surface area contributed by atoms with Crippen molar-refractivity contribution in [3.8, 4) is 0 Å². The molecule has 0 aromatic heterocycles. The summed E-state index contributed by atoms with van der Waals surface area (Å²) in [5, 5.41) is 13.4. The maximum absolute atomic E-state index is 12.5. The standard InChI is InChI=1S/C17H25N3O6S/c1-3-20(4-2)27(25,26)14-8-5-7-13(11-14)17(24)19-12-15(21)18-10-6-9-16(22)23/h5,7-8,11H,3-4,6,9-10,12H2,1-2H3,(H,18,21)(H,19,24)(H,22,23). The topological polar surface area (TPSA) is 133 Å². The normalized spacial score (nSPS) is 11.2. The molecule has 0 saturated carbocycles. The zero-order chi connectivity index (χ0) is 20.4. The second kappa shape index (κ2) is 10.6. The molecule has 0 saturated heterocycles. The third-order valence-corrected chi connectivity index (χ3v) is 5.78. The Bertz CT molecular complexity index is 775. The van der Waals surface area contributed by atoms with Gasteiger partial charge in [0, 0.05) is 31.6 Å². The molecular weight excluding hydrogens is 374 g/mol. The predicted octanol–water partition coefficient (Wildman–Crippen LogP) is 0.428. The number of benzene rings is 1. The zero-order valence-corrected chi connectivity index (χ0v) is 16.2. The third kappa shape index (κ3) is 6.99. The molecule has 3 N–H and O–H groups in total. The summed E-state index contributed by atoms with van der Waals surface area (Å²) in [5.74, 6) is -1.98. The quantitative estimate of drug-likeness (QED) is 0.462. The highest BCUT2D eigenvalue weighted by Crippen LogP contribution is 2.16. The van der Waals surface area contributed by atoms with Gasteiger partial charge in [0.2, 0.25) is 15.9 Å². The largest absolute Gasteiger partial charge is 0.481 e. The molecule has 0 aliphatic carbocycles. The van der Waals surface area contributed by atoms with Crippen LogP contribution in [0.25, 0.3) is 0 Å². The maximum Gasteiger partial charge on any atom is 0.303 e. The molecule has 0 unspecified atom stereocenters. The minimum absolute atomic E-state index is 0.0111. The van der Waals surface area contributed by atoms with Gasteiger partial charge in [0.05, 0.1) is 11.4 Å². The Balaban J connectivity index is 2.66. The monoisotopic (exact) mass is 399 g/mol. The summed E-state index contributed by atoms with van der Waals surface area (Å²) >= 11 is 0. The summed E-state index contributed by atoms with van der Waals surface area (Å²) in [6.07, 6.45) is 0.237. The van der Waals surface area contributed by atoms with Gasteiger partial charge in [-0.1, -0.05) is 19.9 Å². The number of rotatable bonds is 11. The van der Waals surface area contributed by atoms with Crippen LogP contribution in [0.15, 0.2) is 29.2 Å². The van der Waals surface area contributed by atoms with E-state index in [-0.39, 0.29) is 30.0 Å². The average molecular weight is 399 g/mol. The molecule has 0 bridgehead atoms. The lowest BCUT2D eigenvalue weighted by Gasteiger charge is -2.18. The van der Waals surface area contributed by atoms with Gasteiger partial charge in [-0.2, -0.15) is 4.31 Å². The molecule has 0 aliphatic rings. The molecule has 0 radical (unpaired) electrons. The first-order valence-electron chi connectivity index (χ1n) is 8.59. The summed E-state index contributed by atoms with van der Waals surface area (Å²) in [4.78, 5) is 34.2. The Morgan fingerprint density at radius 3 is 2.37 bits per heavy atom. The van der Waals surface area contributed by atoms with Crippen molar-refractivity contribution in [3.63, 3.8) is 0 Å². The number of carboxylic acid groups (broad SMARTS) is 1. The van der Waals surface area contributed by atoms with Crippen LogP contribution in [0.5, 0.6) is 0 Å². The Morgan fingerprint density at radius 1 is 1.11 bits per heavy atom. The van der Waals surface area contributed by atoms with Crippen LogP contribution in [0.4, 0.5) is 0 Å². The van der Waals surface area contributed by atoms with E-state index in [0.717, 1.165) is 0 Å². The van der Waals surface area contributed by atoms with E-state index >= 15 is 0 Å². The van der Waals surface area contributed by atoms with E-state index < -0.39 is 27.8 Å². The van der Waals surface area contributed by atoms with Crippen LogP contribution in [-0.4, -0.2) is 61.8 Å². The van der Waals surface area contributed by atoms with Gasteiger partial charge >= 0.3 is 5.97 Å². The Hall–Kier alpha value is -2.46. The van der Waals surface area contributed by atoms with Gasteiger partial charge in [-0.05, 0) is 24.6 Å². The van der Waals surface area contributed by atoms with Crippen LogP contribution in [0, 0.1) is 0 Å². The molecule has 1 aromatic rings. The van der Waals surface area contributed by atoms with Gasteiger partial charge in [0.15, 0.2) is 0 Å². The second-order valence-corrected chi connectivity index (χ2v) is 7.59. The fourth-order valence-corrected chi connectivity index (χ4v) is 3.81. The number of hydrogen-bond acceptors (Lipinski definition) is 5. The number of aliphatic carboxylic acids is 1. The summed E-state index contributed by atoms with van der Waals surface area (Å²) in [5.41, 5.74) is 0.127. The predicted molar refractivity (Wildman–Crippen MR) is 98.8 cm³/mol. The number of amides is 2. The summed E-state index contributed by atoms with van der Waals surface area (Å²) in [6.45, 7) is 3.99. The Morgan fingerprint density at radius 2 is 1.78 bits per heavy atom. The molecule has 150 valence electrons. The van der Waals surface area contributed by atoms with Gasteiger partial charge in [0.1, 0.15) is 0 Å². The number of carbonyl (C=O) groups excluding carboxylic acids is 2. The number of hydrogen-bond donors (Lipinski definition) is 3. The van der Waals surface area contributed by atoms with Gasteiger partial charge in [0.25, 0.3) is 5.91 Å². The lowest BCUT2D eigenvalue weighted by Crippen LogP contribution is -2.37. The summed E-state index contributed by atoms with van der Waals surface area (Å²) < 4.78 is 26.3. The first kappa shape index (κ1) is 22.6. The van der Waals surface area contributed by atoms with Crippen LogP contribution in [0.1, 0.15) is 37.0 Å². The van der Waals surface area contributed by atoms with E-state index in [1.165, 1.54) is 28.6 Å². The van der Waals surface area contributed by atoms with E-state index in [4.69, 9.17) is 5.11 Å². The summed E-state index contributed by atoms with van der Waals surface area (Å²) in [6, 6.07) is 5.62. The number of carboxylic acids is 1. The van der Waals surface area contributed by atoms with Gasteiger partial charge in [-0.15, -0.1) is 0 Å². The highest BCUT2D eigenvalue weighted by atomic mass is 32.2. The lowest BCUT2D eigenvalue weighted by atomic mass is 10.2. The van der Waals surface area contributed by atoms with Crippen molar-refractivity contribution >= 4 is 27.8 Å². The Labute approximate surface area is 158 Å². The first-order valence-corrected chi connectivity index (χ1v) is 10.0. The molecule has 0 aliphatic heterocycles. The number of sulfonamides is 1. The van der Waals surface area contributed by atoms with Crippen molar-refractivity contribution in [1.29, 1.82) is 0 Å². The molecule has 0 spiro atoms. The first-order chi connectivity index (χ1) is 12.7. The smallest absolute Gasteiger partial charge is 0.303 e. The van der Waals surface area contributed by atoms with Crippen molar-refractivity contribution in [2.45, 2.75) is 31.6 Å². The molecule has 1 rings (SSSR count). The fraction of sp³-hybridized carbons (Fsp3) is 0.471. The number of carbonyl (C=O) groups is 3. The molecule has 0 heterocycles. The van der Waals surface area contributed by atoms with Crippen LogP contribution in [0.2, 0.25) is 0 Å². The molecule has 10 heteroatoms. The van der Waals surface area contributed by atoms with Crippen LogP contribution in [0.3, 0.4) is 0 Å². The minimum atomic E-state index is -3.68. The highest BCUT2D eigenvalue weighted by Gasteiger charge is 2.22. The molecule has 0 fully saturated rings. The SMILES string of the molecule is CCN(CC)S(=O)(=O)c1cccc(C(=O)NCC(=O)NCCCC(=O)O)c1. The molecule has 2 amide bonds. The lowest BCUT2D eigenvalue weighted by molar-refractivity contribution is -0.137. The molecule has 27 heavy (non-hydrogen) atoms. The molecule has 1 aromatic carbocycles. The molecule has 0 atom stereocenters. The highest BCUT2D eigenvalue weighted by molar-refractivity contribution is 7.89. The van der Waals surface area contributed by atoms with Crippen molar-refractivity contribution < 1.29 is 27.9 Å². The zero-order valence-electron chi connectivity index (χ0n) is 15.4. The third-order valence-electron chi connectivity index (χ3n) is 3.74. The van der Waals surface area contributed by atoms with E-state index in [9.17, 15) is 22.8 Å². The van der Waals surface area contributed by atoms with Crippen molar-refractivity contribution in [2.75, 3.05) is 26.2 Å². The van der Waals surface area contributed by atoms with Crippen molar-refractivity contribution in [3.05, 3.63) is 29.8 Å². The summed E-state index contributed by atoms with van der Waals surface area (Å²) in [7, 11) is -3.68. The maximum atomic E-state index is 12.5. The van der Waals surface area contributed by atoms with E-state index in [0.29, 0.717) is 19.5 Å². The van der Waals surface area contributed by atoms with E-state index in [2.05, 4.69) is 10.6 Å². The second-order valence-electron chi connectivity index (χ2n) is 5.65. The van der Waals surface area contributed by atoms with Gasteiger partial charge in [-0.25, -0.2) is 8.42 Å². The van der Waals surface area contributed by atoms with Crippen LogP contribution < -0.4 is 10.6 Å². The van der Waals surface area contributed by atoms with E-state index in [1.54, 1.807) is 13.8 Å². The average Bonchev–Trinajstić information content (AvgIpc) is 2.64. The minimum Gasteiger partial charge on any atom is -0.481 e. The fourth-order valence-electron chi connectivity index (χ4n) is 2.30. The Kier molecular flexibility index (Phi) is 8.89. The van der Waals surface area contributed by atoms with Crippen molar-refractivity contribution in [1.82, 2.24) is 14.9 Å². The van der Waals surface area contributed by atoms with Gasteiger partial charge < -0.3 is 15.7 Å². The van der Waals surface area contributed by atoms with E-state index in [1.807, 2.05) is 0 Å². The molecular formula is C17H25N3O6S. The number of nitrogens with one attached hydrogen (secondary N) is 2.